The molecule has 104 valence electrons. The van der Waals surface area contributed by atoms with Gasteiger partial charge in [-0.1, -0.05) is 18.7 Å². The molecule has 0 saturated carbocycles. The van der Waals surface area contributed by atoms with Gasteiger partial charge in [0, 0.05) is 5.57 Å². The highest BCUT2D eigenvalue weighted by molar-refractivity contribution is 5.86. The number of hydrogen-bond acceptors (Lipinski definition) is 3. The van der Waals surface area contributed by atoms with Crippen molar-refractivity contribution in [2.45, 2.75) is 58.0 Å². The summed E-state index contributed by atoms with van der Waals surface area (Å²) in [6.07, 6.45) is 10.9. The van der Waals surface area contributed by atoms with E-state index in [1.54, 1.807) is 6.92 Å². The molecule has 0 aromatic rings. The highest BCUT2D eigenvalue weighted by atomic mass is 17.2. The second-order valence-corrected chi connectivity index (χ2v) is 5.51. The van der Waals surface area contributed by atoms with Gasteiger partial charge in [0.25, 0.3) is 0 Å². The second-order valence-electron chi connectivity index (χ2n) is 5.51. The van der Waals surface area contributed by atoms with Crippen LogP contribution in [0.15, 0.2) is 35.5 Å². The number of hydrogen-bond donors (Lipinski definition) is 0. The standard InChI is InChI=1S/C16H22O3/c1-12(2)15(17)18-19-16(3,13-8-4-5-9-13)14-10-6-7-11-14/h8,10H,1,4-7,9,11H2,2-3H3. The molecule has 3 heteroatoms. The van der Waals surface area contributed by atoms with Gasteiger partial charge in [-0.2, -0.15) is 4.89 Å². The molecule has 0 N–H and O–H groups in total. The van der Waals surface area contributed by atoms with E-state index in [1.165, 1.54) is 11.1 Å². The van der Waals surface area contributed by atoms with Gasteiger partial charge < -0.3 is 0 Å². The number of allylic oxidation sites excluding steroid dienone is 2. The average Bonchev–Trinajstić information content (AvgIpc) is 3.06. The fraction of sp³-hybridized carbons (Fsp3) is 0.562. The van der Waals surface area contributed by atoms with Crippen LogP contribution in [0.25, 0.3) is 0 Å². The largest absolute Gasteiger partial charge is 0.368 e. The number of rotatable bonds is 5. The summed E-state index contributed by atoms with van der Waals surface area (Å²) in [7, 11) is 0. The van der Waals surface area contributed by atoms with Gasteiger partial charge in [0.2, 0.25) is 0 Å². The Bertz CT molecular complexity index is 419. The van der Waals surface area contributed by atoms with Gasteiger partial charge in [0.05, 0.1) is 0 Å². The molecule has 0 heterocycles. The quantitative estimate of drug-likeness (QED) is 0.325. The van der Waals surface area contributed by atoms with E-state index in [-0.39, 0.29) is 0 Å². The fourth-order valence-corrected chi connectivity index (χ4v) is 2.71. The van der Waals surface area contributed by atoms with Crippen LogP contribution in [0, 0.1) is 0 Å². The van der Waals surface area contributed by atoms with Crippen molar-refractivity contribution in [3.8, 4) is 0 Å². The molecule has 19 heavy (non-hydrogen) atoms. The lowest BCUT2D eigenvalue weighted by molar-refractivity contribution is -0.307. The van der Waals surface area contributed by atoms with Gasteiger partial charge in [0.15, 0.2) is 5.60 Å². The molecule has 0 aromatic carbocycles. The van der Waals surface area contributed by atoms with Crippen molar-refractivity contribution in [1.82, 2.24) is 0 Å². The summed E-state index contributed by atoms with van der Waals surface area (Å²) in [5, 5.41) is 0. The monoisotopic (exact) mass is 262 g/mol. The van der Waals surface area contributed by atoms with Crippen LogP contribution < -0.4 is 0 Å². The van der Waals surface area contributed by atoms with Crippen molar-refractivity contribution in [3.05, 3.63) is 35.5 Å². The van der Waals surface area contributed by atoms with E-state index in [0.717, 1.165) is 38.5 Å². The first-order chi connectivity index (χ1) is 9.04. The first kappa shape index (κ1) is 14.1. The summed E-state index contributed by atoms with van der Waals surface area (Å²) in [5.41, 5.74) is 2.23. The Morgan fingerprint density at radius 2 is 1.74 bits per heavy atom. The van der Waals surface area contributed by atoms with E-state index in [2.05, 4.69) is 18.7 Å². The molecule has 2 aliphatic carbocycles. The minimum absolute atomic E-state index is 0.350. The van der Waals surface area contributed by atoms with Crippen molar-refractivity contribution >= 4 is 5.97 Å². The van der Waals surface area contributed by atoms with Crippen LogP contribution in [0.5, 0.6) is 0 Å². The summed E-state index contributed by atoms with van der Waals surface area (Å²) in [4.78, 5) is 22.1. The van der Waals surface area contributed by atoms with Crippen molar-refractivity contribution < 1.29 is 14.6 Å². The Labute approximate surface area is 114 Å². The summed E-state index contributed by atoms with van der Waals surface area (Å²) in [6.45, 7) is 7.19. The molecular formula is C16H22O3. The van der Waals surface area contributed by atoms with E-state index < -0.39 is 11.6 Å². The molecule has 0 atom stereocenters. The summed E-state index contributed by atoms with van der Waals surface area (Å²) >= 11 is 0. The molecule has 0 radical (unpaired) electrons. The van der Waals surface area contributed by atoms with E-state index >= 15 is 0 Å². The third-order valence-corrected chi connectivity index (χ3v) is 3.94. The number of carbonyl (C=O) groups excluding carboxylic acids is 1. The number of carbonyl (C=O) groups is 1. The third kappa shape index (κ3) is 2.98. The molecule has 0 aliphatic heterocycles. The maximum Gasteiger partial charge on any atom is 0.368 e. The molecule has 0 aromatic heterocycles. The molecule has 2 aliphatic rings. The summed E-state index contributed by atoms with van der Waals surface area (Å²) < 4.78 is 0. The van der Waals surface area contributed by atoms with Crippen LogP contribution in [0.3, 0.4) is 0 Å². The molecule has 2 rings (SSSR count). The summed E-state index contributed by atoms with van der Waals surface area (Å²) in [6, 6.07) is 0. The van der Waals surface area contributed by atoms with Gasteiger partial charge in [-0.3, -0.25) is 4.89 Å². The predicted molar refractivity (Wildman–Crippen MR) is 74.3 cm³/mol. The van der Waals surface area contributed by atoms with Crippen molar-refractivity contribution in [3.63, 3.8) is 0 Å². The van der Waals surface area contributed by atoms with Gasteiger partial charge in [-0.15, -0.1) is 0 Å². The van der Waals surface area contributed by atoms with Crippen LogP contribution in [-0.2, 0) is 14.6 Å². The van der Waals surface area contributed by atoms with E-state index in [0.29, 0.717) is 5.57 Å². The molecule has 0 saturated heterocycles. The molecule has 3 nitrogen and oxygen atoms in total. The van der Waals surface area contributed by atoms with Crippen LogP contribution in [0.1, 0.15) is 52.4 Å². The van der Waals surface area contributed by atoms with Crippen LogP contribution in [-0.4, -0.2) is 11.6 Å². The van der Waals surface area contributed by atoms with Crippen molar-refractivity contribution in [2.24, 2.45) is 0 Å². The highest BCUT2D eigenvalue weighted by Gasteiger charge is 2.38. The van der Waals surface area contributed by atoms with Gasteiger partial charge >= 0.3 is 5.97 Å². The van der Waals surface area contributed by atoms with Gasteiger partial charge in [-0.25, -0.2) is 4.79 Å². The fourth-order valence-electron chi connectivity index (χ4n) is 2.71. The molecule has 0 bridgehead atoms. The summed E-state index contributed by atoms with van der Waals surface area (Å²) in [5.74, 6) is -0.497. The molecule has 0 fully saturated rings. The second kappa shape index (κ2) is 5.74. The van der Waals surface area contributed by atoms with Crippen LogP contribution >= 0.6 is 0 Å². The highest BCUT2D eigenvalue weighted by Crippen LogP contribution is 2.41. The normalized spacial score (nSPS) is 19.1. The van der Waals surface area contributed by atoms with E-state index in [1.807, 2.05) is 6.92 Å². The van der Waals surface area contributed by atoms with E-state index in [4.69, 9.17) is 9.78 Å². The maximum atomic E-state index is 11.5. The third-order valence-electron chi connectivity index (χ3n) is 3.94. The maximum absolute atomic E-state index is 11.5. The zero-order valence-electron chi connectivity index (χ0n) is 11.8. The molecule has 0 unspecified atom stereocenters. The molecular weight excluding hydrogens is 240 g/mol. The zero-order chi connectivity index (χ0) is 13.9. The minimum Gasteiger partial charge on any atom is -0.292 e. The lowest BCUT2D eigenvalue weighted by Gasteiger charge is -2.30. The smallest absolute Gasteiger partial charge is 0.292 e. The topological polar surface area (TPSA) is 35.5 Å². The van der Waals surface area contributed by atoms with E-state index in [9.17, 15) is 4.79 Å². The van der Waals surface area contributed by atoms with Crippen LogP contribution in [0.2, 0.25) is 0 Å². The Morgan fingerprint density at radius 1 is 1.21 bits per heavy atom. The lowest BCUT2D eigenvalue weighted by Crippen LogP contribution is -2.34. The van der Waals surface area contributed by atoms with Crippen molar-refractivity contribution in [2.75, 3.05) is 0 Å². The SMILES string of the molecule is C=C(C)C(=O)OOC(C)(C1=CCCC1)C1=CCCC1. The minimum atomic E-state index is -0.585. The van der Waals surface area contributed by atoms with Crippen molar-refractivity contribution in [1.29, 1.82) is 0 Å². The van der Waals surface area contributed by atoms with Crippen LogP contribution in [0.4, 0.5) is 0 Å². The Hall–Kier alpha value is -1.35. The first-order valence-corrected chi connectivity index (χ1v) is 6.98. The Morgan fingerprint density at radius 3 is 2.11 bits per heavy atom. The zero-order valence-corrected chi connectivity index (χ0v) is 11.8. The van der Waals surface area contributed by atoms with Gasteiger partial charge in [0.1, 0.15) is 0 Å². The Kier molecular flexibility index (Phi) is 4.25. The average molecular weight is 262 g/mol. The van der Waals surface area contributed by atoms with Gasteiger partial charge in [-0.05, 0) is 63.5 Å². The Balaban J connectivity index is 2.14. The molecule has 0 spiro atoms. The lowest BCUT2D eigenvalue weighted by atomic mass is 9.86. The molecule has 0 amide bonds. The predicted octanol–water partition coefficient (Wildman–Crippen LogP) is 4.02. The first-order valence-electron chi connectivity index (χ1n) is 6.98.